The number of anilines is 4. The van der Waals surface area contributed by atoms with Crippen molar-refractivity contribution in [2.45, 2.75) is 13.2 Å². The third kappa shape index (κ3) is 7.18. The number of pyridine rings is 1. The van der Waals surface area contributed by atoms with Crippen LogP contribution in [0.3, 0.4) is 0 Å². The van der Waals surface area contributed by atoms with E-state index in [1.54, 1.807) is 49.3 Å². The topological polar surface area (TPSA) is 161 Å². The molecule has 278 valence electrons. The molecule has 0 unspecified atom stereocenters. The minimum absolute atomic E-state index is 0.00190. The van der Waals surface area contributed by atoms with Gasteiger partial charge in [0.2, 0.25) is 0 Å². The van der Waals surface area contributed by atoms with Crippen LogP contribution in [0.15, 0.2) is 88.8 Å². The lowest BCUT2D eigenvalue weighted by Crippen LogP contribution is -2.46. The Labute approximate surface area is 310 Å². The van der Waals surface area contributed by atoms with E-state index in [2.05, 4.69) is 15.8 Å². The van der Waals surface area contributed by atoms with Crippen LogP contribution in [0.2, 0.25) is 0 Å². The van der Waals surface area contributed by atoms with Crippen molar-refractivity contribution in [2.75, 3.05) is 62.0 Å². The van der Waals surface area contributed by atoms with Crippen molar-refractivity contribution in [3.63, 3.8) is 0 Å². The van der Waals surface area contributed by atoms with Crippen LogP contribution in [-0.2, 0) is 23.0 Å². The van der Waals surface area contributed by atoms with Crippen molar-refractivity contribution in [1.29, 1.82) is 0 Å². The Hall–Kier alpha value is -6.32. The fourth-order valence-corrected chi connectivity index (χ4v) is 6.49. The van der Waals surface area contributed by atoms with Gasteiger partial charge in [-0.25, -0.2) is 14.6 Å². The van der Waals surface area contributed by atoms with Gasteiger partial charge in [0.15, 0.2) is 5.49 Å². The number of amides is 1. The van der Waals surface area contributed by atoms with Gasteiger partial charge in [0.05, 0.1) is 27.8 Å². The largest absolute Gasteiger partial charge is 0.478 e. The molecule has 1 aliphatic rings. The van der Waals surface area contributed by atoms with E-state index in [-0.39, 0.29) is 46.3 Å². The number of hydrogen-bond donors (Lipinski definition) is 3. The zero-order valence-electron chi connectivity index (χ0n) is 30.6. The molecule has 5 aromatic rings. The second kappa shape index (κ2) is 15.3. The highest BCUT2D eigenvalue weighted by Gasteiger charge is 2.33. The molecule has 1 amide bonds. The molecule has 0 aliphatic carbocycles. The number of rotatable bonds is 12. The lowest BCUT2D eigenvalue weighted by Gasteiger charge is -2.20. The van der Waals surface area contributed by atoms with Gasteiger partial charge < -0.3 is 19.8 Å². The maximum atomic E-state index is 14.8. The SMILES string of the molecule is CN(C)c1ccc(/C=C/C=c2\c(N(C)C)c3c(n(-c4cc(COO)cc(C(=O)O)c4)c2=O)=NN(c2ccc4cc(COO)ccc4c2)C3=O)c(N(C)C)c1. The van der Waals surface area contributed by atoms with E-state index >= 15 is 0 Å². The Kier molecular flexibility index (Phi) is 10.6. The molecule has 1 aromatic heterocycles. The molecule has 1 aliphatic heterocycles. The number of carbonyl (C=O) groups excluding carboxylic acids is 1. The average Bonchev–Trinajstić information content (AvgIpc) is 3.47. The summed E-state index contributed by atoms with van der Waals surface area (Å²) < 4.78 is 1.21. The first-order chi connectivity index (χ1) is 25.8. The highest BCUT2D eigenvalue weighted by Crippen LogP contribution is 2.29. The molecule has 14 heteroatoms. The van der Waals surface area contributed by atoms with E-state index in [4.69, 9.17) is 10.4 Å². The molecule has 2 heterocycles. The molecule has 0 saturated carbocycles. The summed E-state index contributed by atoms with van der Waals surface area (Å²) in [6, 6.07) is 21.0. The third-order valence-electron chi connectivity index (χ3n) is 9.04. The first-order valence-electron chi connectivity index (χ1n) is 16.8. The predicted octanol–water partition coefficient (Wildman–Crippen LogP) is 4.56. The van der Waals surface area contributed by atoms with Gasteiger partial charge >= 0.3 is 5.97 Å². The minimum Gasteiger partial charge on any atom is -0.478 e. The number of allylic oxidation sites excluding steroid dienone is 1. The van der Waals surface area contributed by atoms with E-state index in [1.165, 1.54) is 27.8 Å². The highest BCUT2D eigenvalue weighted by molar-refractivity contribution is 6.11. The first kappa shape index (κ1) is 37.4. The van der Waals surface area contributed by atoms with Gasteiger partial charge in [0.1, 0.15) is 18.8 Å². The molecule has 54 heavy (non-hydrogen) atoms. The molecule has 0 fully saturated rings. The van der Waals surface area contributed by atoms with Crippen LogP contribution < -0.4 is 36.0 Å². The second-order valence-corrected chi connectivity index (χ2v) is 13.4. The summed E-state index contributed by atoms with van der Waals surface area (Å²) in [5.74, 6) is -1.77. The molecule has 6 rings (SSSR count). The van der Waals surface area contributed by atoms with Crippen molar-refractivity contribution in [3.8, 4) is 5.69 Å². The Balaban J connectivity index is 1.61. The Morgan fingerprint density at radius 3 is 2.15 bits per heavy atom. The first-order valence-corrected chi connectivity index (χ1v) is 16.8. The van der Waals surface area contributed by atoms with Crippen molar-refractivity contribution < 1.29 is 35.0 Å². The molecular weight excluding hydrogens is 692 g/mol. The minimum atomic E-state index is -1.27. The van der Waals surface area contributed by atoms with E-state index in [0.717, 1.165) is 33.3 Å². The maximum absolute atomic E-state index is 14.8. The molecule has 0 spiro atoms. The maximum Gasteiger partial charge on any atom is 0.335 e. The Bertz CT molecular complexity index is 2510. The van der Waals surface area contributed by atoms with Crippen molar-refractivity contribution in [3.05, 3.63) is 128 Å². The molecule has 0 bridgehead atoms. The van der Waals surface area contributed by atoms with Crippen LogP contribution in [0.1, 0.15) is 37.4 Å². The summed E-state index contributed by atoms with van der Waals surface area (Å²) in [7, 11) is 11.3. The van der Waals surface area contributed by atoms with Gasteiger partial charge in [-0.15, -0.1) is 5.10 Å². The van der Waals surface area contributed by atoms with Gasteiger partial charge in [0.25, 0.3) is 11.5 Å². The fraction of sp³-hybridized carbons (Fsp3) is 0.200. The number of aromatic carboxylic acids is 1. The van der Waals surface area contributed by atoms with Crippen LogP contribution in [-0.4, -0.2) is 74.4 Å². The van der Waals surface area contributed by atoms with Crippen LogP contribution in [0.4, 0.5) is 22.7 Å². The summed E-state index contributed by atoms with van der Waals surface area (Å²) in [5.41, 5.74) is 4.14. The number of carboxylic acids is 1. The number of carbonyl (C=O) groups is 2. The van der Waals surface area contributed by atoms with E-state index in [9.17, 15) is 24.7 Å². The average molecular weight is 733 g/mol. The van der Waals surface area contributed by atoms with Gasteiger partial charge in [-0.05, 0) is 82.1 Å². The van der Waals surface area contributed by atoms with Gasteiger partial charge in [-0.2, -0.15) is 5.01 Å². The fourth-order valence-electron chi connectivity index (χ4n) is 6.49. The van der Waals surface area contributed by atoms with E-state index in [1.807, 2.05) is 74.4 Å². The van der Waals surface area contributed by atoms with E-state index < -0.39 is 17.4 Å². The van der Waals surface area contributed by atoms with Gasteiger partial charge in [0, 0.05) is 53.7 Å². The summed E-state index contributed by atoms with van der Waals surface area (Å²) in [5, 5.41) is 35.8. The zero-order valence-corrected chi connectivity index (χ0v) is 30.6. The van der Waals surface area contributed by atoms with Crippen LogP contribution in [0.5, 0.6) is 0 Å². The number of nitrogens with zero attached hydrogens (tertiary/aromatic N) is 6. The number of carboxylic acid groups (broad SMARTS) is 1. The second-order valence-electron chi connectivity index (χ2n) is 13.4. The van der Waals surface area contributed by atoms with Crippen molar-refractivity contribution in [2.24, 2.45) is 5.10 Å². The molecule has 3 N–H and O–H groups in total. The Morgan fingerprint density at radius 2 is 1.48 bits per heavy atom. The lowest BCUT2D eigenvalue weighted by atomic mass is 10.1. The number of hydrogen-bond acceptors (Lipinski definition) is 11. The number of aromatic nitrogens is 1. The van der Waals surface area contributed by atoms with E-state index in [0.29, 0.717) is 11.4 Å². The normalized spacial score (nSPS) is 12.8. The smallest absolute Gasteiger partial charge is 0.335 e. The van der Waals surface area contributed by atoms with Gasteiger partial charge in [-0.3, -0.25) is 24.7 Å². The van der Waals surface area contributed by atoms with Gasteiger partial charge in [-0.1, -0.05) is 36.4 Å². The number of benzene rings is 4. The van der Waals surface area contributed by atoms with Crippen LogP contribution in [0, 0.1) is 0 Å². The lowest BCUT2D eigenvalue weighted by molar-refractivity contribution is -0.253. The summed E-state index contributed by atoms with van der Waals surface area (Å²) >= 11 is 0. The molecule has 0 atom stereocenters. The van der Waals surface area contributed by atoms with Crippen LogP contribution >= 0.6 is 0 Å². The van der Waals surface area contributed by atoms with Crippen molar-refractivity contribution in [1.82, 2.24) is 4.57 Å². The quantitative estimate of drug-likeness (QED) is 0.122. The number of fused-ring (bicyclic) bond motifs is 2. The predicted molar refractivity (Wildman–Crippen MR) is 208 cm³/mol. The standard InChI is InChI=1S/C40H40N6O8/c1-42(2)30-14-12-26(34(21-30)43(3)4)8-7-9-33-36(44(5)6)35-37(45(38(33)47)32-18-25(23-54-52)17-29(20-32)40(49)50)41-46(39(35)48)31-15-13-27-16-24(22-53-51)10-11-28(27)19-31/h7-21,51-52H,22-23H2,1-6H3,(H,49,50)/b8-7+,33-9+. The van der Waals surface area contributed by atoms with Crippen molar-refractivity contribution >= 4 is 57.6 Å². The molecule has 4 aromatic carbocycles. The monoisotopic (exact) mass is 732 g/mol. The zero-order chi connectivity index (χ0) is 38.8. The Morgan fingerprint density at radius 1 is 0.778 bits per heavy atom. The summed E-state index contributed by atoms with van der Waals surface area (Å²) in [6.07, 6.45) is 5.25. The highest BCUT2D eigenvalue weighted by atomic mass is 17.1. The molecule has 14 nitrogen and oxygen atoms in total. The molecular formula is C40H40N6O8. The summed E-state index contributed by atoms with van der Waals surface area (Å²) in [6.45, 7) is -0.337. The third-order valence-corrected chi connectivity index (χ3v) is 9.04. The summed E-state index contributed by atoms with van der Waals surface area (Å²) in [4.78, 5) is 55.8. The molecule has 0 saturated heterocycles. The van der Waals surface area contributed by atoms with Crippen LogP contribution in [0.25, 0.3) is 28.6 Å². The molecule has 0 radical (unpaired) electrons.